The summed E-state index contributed by atoms with van der Waals surface area (Å²) in [6, 6.07) is 4.70. The Morgan fingerprint density at radius 2 is 2.27 bits per heavy atom. The lowest BCUT2D eigenvalue weighted by molar-refractivity contribution is 0.474. The molecule has 0 atom stereocenters. The van der Waals surface area contributed by atoms with Crippen molar-refractivity contribution in [3.63, 3.8) is 0 Å². The van der Waals surface area contributed by atoms with E-state index in [-0.39, 0.29) is 10.9 Å². The SMILES string of the molecule is C/C(=N/NC(N)=S)c1cc(Cl)ccc1O. The molecule has 0 radical (unpaired) electrons. The van der Waals surface area contributed by atoms with Crippen molar-refractivity contribution in [2.24, 2.45) is 10.8 Å². The van der Waals surface area contributed by atoms with Gasteiger partial charge in [-0.2, -0.15) is 5.10 Å². The molecule has 0 aromatic heterocycles. The van der Waals surface area contributed by atoms with Gasteiger partial charge in [-0.1, -0.05) is 11.6 Å². The number of phenols is 1. The quantitative estimate of drug-likeness (QED) is 0.419. The molecule has 4 nitrogen and oxygen atoms in total. The van der Waals surface area contributed by atoms with Crippen LogP contribution in [0.3, 0.4) is 0 Å². The van der Waals surface area contributed by atoms with Gasteiger partial charge in [0.15, 0.2) is 5.11 Å². The Hall–Kier alpha value is -1.33. The number of nitrogens with two attached hydrogens (primary N) is 1. The molecule has 0 aliphatic carbocycles. The molecule has 15 heavy (non-hydrogen) atoms. The Bertz CT molecular complexity index is 420. The lowest BCUT2D eigenvalue weighted by Gasteiger charge is -2.04. The smallest absolute Gasteiger partial charge is 0.184 e. The minimum atomic E-state index is 0.0656. The van der Waals surface area contributed by atoms with Crippen LogP contribution < -0.4 is 11.2 Å². The summed E-state index contributed by atoms with van der Waals surface area (Å²) in [5.74, 6) is 0.102. The number of phenolic OH excluding ortho intramolecular Hbond substituents is 1. The predicted molar refractivity (Wildman–Crippen MR) is 65.2 cm³/mol. The average Bonchev–Trinajstić information content (AvgIpc) is 2.18. The minimum Gasteiger partial charge on any atom is -0.507 e. The lowest BCUT2D eigenvalue weighted by Crippen LogP contribution is -2.25. The van der Waals surface area contributed by atoms with Gasteiger partial charge in [0.1, 0.15) is 5.75 Å². The fraction of sp³-hybridized carbons (Fsp3) is 0.111. The van der Waals surface area contributed by atoms with Crippen LogP contribution in [0.2, 0.25) is 5.02 Å². The van der Waals surface area contributed by atoms with E-state index in [1.54, 1.807) is 19.1 Å². The topological polar surface area (TPSA) is 70.6 Å². The van der Waals surface area contributed by atoms with Gasteiger partial charge >= 0.3 is 0 Å². The van der Waals surface area contributed by atoms with Gasteiger partial charge in [-0.25, -0.2) is 0 Å². The highest BCUT2D eigenvalue weighted by molar-refractivity contribution is 7.80. The second kappa shape index (κ2) is 4.95. The Kier molecular flexibility index (Phi) is 3.88. The predicted octanol–water partition coefficient (Wildman–Crippen LogP) is 1.60. The summed E-state index contributed by atoms with van der Waals surface area (Å²) in [7, 11) is 0. The van der Waals surface area contributed by atoms with Crippen LogP contribution in [0.5, 0.6) is 5.75 Å². The Labute approximate surface area is 97.7 Å². The fourth-order valence-electron chi connectivity index (χ4n) is 0.997. The van der Waals surface area contributed by atoms with E-state index in [1.807, 2.05) is 0 Å². The van der Waals surface area contributed by atoms with E-state index >= 15 is 0 Å². The number of benzene rings is 1. The fourth-order valence-corrected chi connectivity index (χ4v) is 1.21. The summed E-state index contributed by atoms with van der Waals surface area (Å²) < 4.78 is 0. The third-order valence-electron chi connectivity index (χ3n) is 1.68. The number of nitrogens with zero attached hydrogens (tertiary/aromatic N) is 1. The highest BCUT2D eigenvalue weighted by Gasteiger charge is 2.05. The van der Waals surface area contributed by atoms with Crippen molar-refractivity contribution < 1.29 is 5.11 Å². The van der Waals surface area contributed by atoms with Gasteiger partial charge in [0.2, 0.25) is 0 Å². The van der Waals surface area contributed by atoms with Gasteiger partial charge in [-0.3, -0.25) is 5.43 Å². The van der Waals surface area contributed by atoms with E-state index in [0.717, 1.165) is 0 Å². The first-order chi connectivity index (χ1) is 7.00. The van der Waals surface area contributed by atoms with Crippen molar-refractivity contribution in [2.45, 2.75) is 6.92 Å². The first-order valence-electron chi connectivity index (χ1n) is 4.09. The Balaban J connectivity index is 2.99. The molecule has 0 heterocycles. The van der Waals surface area contributed by atoms with Crippen molar-refractivity contribution in [3.05, 3.63) is 28.8 Å². The molecule has 0 fully saturated rings. The van der Waals surface area contributed by atoms with Crippen molar-refractivity contribution in [1.82, 2.24) is 5.43 Å². The molecule has 6 heteroatoms. The van der Waals surface area contributed by atoms with Crippen LogP contribution >= 0.6 is 23.8 Å². The number of thiocarbonyl (C=S) groups is 1. The molecule has 0 spiro atoms. The molecule has 4 N–H and O–H groups in total. The van der Waals surface area contributed by atoms with E-state index in [9.17, 15) is 5.11 Å². The standard InChI is InChI=1S/C9H10ClN3OS/c1-5(12-13-9(11)15)7-4-6(10)2-3-8(7)14/h2-4,14H,1H3,(H3,11,13,15)/b12-5-. The summed E-state index contributed by atoms with van der Waals surface area (Å²) in [4.78, 5) is 0. The van der Waals surface area contributed by atoms with Crippen LogP contribution in [0.25, 0.3) is 0 Å². The summed E-state index contributed by atoms with van der Waals surface area (Å²) >= 11 is 10.4. The maximum absolute atomic E-state index is 9.54. The Morgan fingerprint density at radius 3 is 2.87 bits per heavy atom. The first kappa shape index (κ1) is 11.7. The summed E-state index contributed by atoms with van der Waals surface area (Å²) in [5.41, 5.74) is 8.72. The molecule has 1 aromatic rings. The van der Waals surface area contributed by atoms with Crippen molar-refractivity contribution >= 4 is 34.6 Å². The summed E-state index contributed by atoms with van der Waals surface area (Å²) in [6.07, 6.45) is 0. The molecule has 1 aromatic carbocycles. The van der Waals surface area contributed by atoms with Gasteiger partial charge in [-0.15, -0.1) is 0 Å². The third-order valence-corrected chi connectivity index (χ3v) is 2.01. The largest absolute Gasteiger partial charge is 0.507 e. The van der Waals surface area contributed by atoms with Gasteiger partial charge in [-0.05, 0) is 37.3 Å². The summed E-state index contributed by atoms with van der Waals surface area (Å²) in [5, 5.41) is 14.0. The highest BCUT2D eigenvalue weighted by atomic mass is 35.5. The molecular formula is C9H10ClN3OS. The molecule has 0 aliphatic rings. The maximum Gasteiger partial charge on any atom is 0.184 e. The first-order valence-corrected chi connectivity index (χ1v) is 4.88. The molecule has 80 valence electrons. The number of hydrogen-bond donors (Lipinski definition) is 3. The number of hydrazone groups is 1. The minimum absolute atomic E-state index is 0.0656. The van der Waals surface area contributed by atoms with E-state index in [2.05, 4.69) is 22.7 Å². The third kappa shape index (κ3) is 3.38. The Morgan fingerprint density at radius 1 is 1.60 bits per heavy atom. The van der Waals surface area contributed by atoms with Crippen molar-refractivity contribution in [1.29, 1.82) is 0 Å². The second-order valence-corrected chi connectivity index (χ2v) is 3.71. The second-order valence-electron chi connectivity index (χ2n) is 2.83. The zero-order valence-corrected chi connectivity index (χ0v) is 9.56. The van der Waals surface area contributed by atoms with Crippen molar-refractivity contribution in [2.75, 3.05) is 0 Å². The van der Waals surface area contributed by atoms with Gasteiger partial charge in [0.25, 0.3) is 0 Å². The van der Waals surface area contributed by atoms with Gasteiger partial charge < -0.3 is 10.8 Å². The number of hydrogen-bond acceptors (Lipinski definition) is 3. The normalized spacial score (nSPS) is 11.2. The van der Waals surface area contributed by atoms with Crippen molar-refractivity contribution in [3.8, 4) is 5.75 Å². The molecule has 0 unspecified atom stereocenters. The molecule has 0 amide bonds. The molecule has 0 saturated carbocycles. The van der Waals surface area contributed by atoms with Crippen LogP contribution in [-0.4, -0.2) is 15.9 Å². The van der Waals surface area contributed by atoms with Crippen LogP contribution in [0.15, 0.2) is 23.3 Å². The number of rotatable bonds is 2. The van der Waals surface area contributed by atoms with Crippen LogP contribution in [0.1, 0.15) is 12.5 Å². The van der Waals surface area contributed by atoms with Crippen LogP contribution in [0, 0.1) is 0 Å². The number of nitrogens with one attached hydrogen (secondary N) is 1. The van der Waals surface area contributed by atoms with E-state index in [4.69, 9.17) is 17.3 Å². The zero-order chi connectivity index (χ0) is 11.4. The molecule has 0 aliphatic heterocycles. The van der Waals surface area contributed by atoms with E-state index < -0.39 is 0 Å². The summed E-state index contributed by atoms with van der Waals surface area (Å²) in [6.45, 7) is 1.71. The van der Waals surface area contributed by atoms with Crippen LogP contribution in [0.4, 0.5) is 0 Å². The average molecular weight is 244 g/mol. The van der Waals surface area contributed by atoms with E-state index in [1.165, 1.54) is 6.07 Å². The lowest BCUT2D eigenvalue weighted by atomic mass is 10.1. The van der Waals surface area contributed by atoms with Gasteiger partial charge in [0, 0.05) is 10.6 Å². The molecule has 1 rings (SSSR count). The molecular weight excluding hydrogens is 234 g/mol. The number of halogens is 1. The number of aromatic hydroxyl groups is 1. The molecule has 0 saturated heterocycles. The van der Waals surface area contributed by atoms with Gasteiger partial charge in [0.05, 0.1) is 5.71 Å². The zero-order valence-electron chi connectivity index (χ0n) is 7.99. The highest BCUT2D eigenvalue weighted by Crippen LogP contribution is 2.21. The van der Waals surface area contributed by atoms with E-state index in [0.29, 0.717) is 16.3 Å². The monoisotopic (exact) mass is 243 g/mol. The molecule has 0 bridgehead atoms. The maximum atomic E-state index is 9.54. The van der Waals surface area contributed by atoms with Crippen LogP contribution in [-0.2, 0) is 0 Å².